The Morgan fingerprint density at radius 2 is 1.55 bits per heavy atom. The van der Waals surface area contributed by atoms with Gasteiger partial charge >= 0.3 is 6.03 Å². The zero-order valence-electron chi connectivity index (χ0n) is 25.9. The van der Waals surface area contributed by atoms with Crippen molar-refractivity contribution in [3.8, 4) is 11.5 Å². The molecule has 4 bridgehead atoms. The number of carbonyl (C=O) groups excluding carboxylic acids is 4. The van der Waals surface area contributed by atoms with Crippen molar-refractivity contribution in [1.82, 2.24) is 24.9 Å². The Labute approximate surface area is 259 Å². The van der Waals surface area contributed by atoms with Crippen LogP contribution in [0.25, 0.3) is 0 Å². The first-order valence-corrected chi connectivity index (χ1v) is 15.4. The van der Waals surface area contributed by atoms with E-state index in [-0.39, 0.29) is 48.7 Å². The fourth-order valence-electron chi connectivity index (χ4n) is 6.13. The van der Waals surface area contributed by atoms with Gasteiger partial charge in [0.05, 0.1) is 25.3 Å². The van der Waals surface area contributed by atoms with Crippen LogP contribution in [0.3, 0.4) is 0 Å². The van der Waals surface area contributed by atoms with Crippen LogP contribution in [0.2, 0.25) is 0 Å². The number of aryl methyl sites for hydroxylation is 1. The molecule has 44 heavy (non-hydrogen) atoms. The molecule has 0 spiro atoms. The molecule has 3 heterocycles. The first-order valence-electron chi connectivity index (χ1n) is 15.4. The predicted octanol–water partition coefficient (Wildman–Crippen LogP) is 2.88. The van der Waals surface area contributed by atoms with E-state index in [0.717, 1.165) is 11.1 Å². The summed E-state index contributed by atoms with van der Waals surface area (Å²) >= 11 is 0. The minimum atomic E-state index is -0.433. The number of likely N-dealkylation sites (tertiary alicyclic amines) is 2. The van der Waals surface area contributed by atoms with E-state index in [1.807, 2.05) is 53.4 Å². The second kappa shape index (κ2) is 14.1. The zero-order chi connectivity index (χ0) is 31.2. The maximum Gasteiger partial charge on any atom is 0.319 e. The lowest BCUT2D eigenvalue weighted by atomic mass is 9.93. The molecule has 2 atom stereocenters. The lowest BCUT2D eigenvalue weighted by Crippen LogP contribution is -2.59. The SMILES string of the molecule is CN(C)C(=O)N1CCC(C(=O)N2CC[C@H]3OCc4cccc(c4)Oc4cccc(c4)CCC(=O)N(C)CC(=O)N[C@H]3C2)CC1. The molecule has 11 heteroatoms. The average Bonchev–Trinajstić information content (AvgIpc) is 3.02. The van der Waals surface area contributed by atoms with Crippen molar-refractivity contribution < 1.29 is 28.7 Å². The van der Waals surface area contributed by atoms with Crippen molar-refractivity contribution in [1.29, 1.82) is 0 Å². The summed E-state index contributed by atoms with van der Waals surface area (Å²) in [5.41, 5.74) is 1.91. The summed E-state index contributed by atoms with van der Waals surface area (Å²) in [5, 5.41) is 3.07. The van der Waals surface area contributed by atoms with Gasteiger partial charge in [0.2, 0.25) is 17.7 Å². The van der Waals surface area contributed by atoms with Gasteiger partial charge in [-0.1, -0.05) is 24.3 Å². The van der Waals surface area contributed by atoms with Crippen LogP contribution in [0.1, 0.15) is 36.8 Å². The molecule has 2 fully saturated rings. The summed E-state index contributed by atoms with van der Waals surface area (Å²) in [4.78, 5) is 58.6. The van der Waals surface area contributed by atoms with Gasteiger partial charge in [-0.05, 0) is 61.1 Å². The second-order valence-electron chi connectivity index (χ2n) is 12.2. The highest BCUT2D eigenvalue weighted by Gasteiger charge is 2.37. The van der Waals surface area contributed by atoms with E-state index in [9.17, 15) is 19.2 Å². The molecule has 0 aromatic heterocycles. The van der Waals surface area contributed by atoms with E-state index >= 15 is 0 Å². The number of fused-ring (bicyclic) bond motifs is 5. The molecule has 0 unspecified atom stereocenters. The van der Waals surface area contributed by atoms with Gasteiger partial charge in [0.1, 0.15) is 11.5 Å². The Kier molecular flexibility index (Phi) is 10.0. The van der Waals surface area contributed by atoms with Gasteiger partial charge in [-0.2, -0.15) is 0 Å². The Balaban J connectivity index is 1.29. The summed E-state index contributed by atoms with van der Waals surface area (Å²) in [6.45, 7) is 2.16. The van der Waals surface area contributed by atoms with E-state index in [1.165, 1.54) is 4.90 Å². The number of nitrogens with one attached hydrogen (secondary N) is 1. The number of ether oxygens (including phenoxy) is 2. The standard InChI is InChI=1S/C33H43N5O6/c1-35(2)33(42)37-15-12-25(13-16-37)32(41)38-17-14-29-28(20-38)34-30(39)21-36(3)31(40)11-10-23-6-4-8-26(18-23)44-27-9-5-7-24(19-27)22-43-29/h4-9,18-19,25,28-29H,10-17,20-22H2,1-3H3,(H,34,39)/t28-,29+/m0/s1. The molecule has 0 saturated carbocycles. The van der Waals surface area contributed by atoms with Crippen molar-refractivity contribution in [3.05, 3.63) is 59.7 Å². The van der Waals surface area contributed by atoms with Crippen molar-refractivity contribution in [2.45, 2.75) is 50.9 Å². The van der Waals surface area contributed by atoms with Crippen molar-refractivity contribution in [2.24, 2.45) is 5.92 Å². The van der Waals surface area contributed by atoms with Crippen molar-refractivity contribution >= 4 is 23.8 Å². The van der Waals surface area contributed by atoms with Crippen LogP contribution >= 0.6 is 0 Å². The Morgan fingerprint density at radius 1 is 0.886 bits per heavy atom. The van der Waals surface area contributed by atoms with E-state index in [1.54, 1.807) is 30.9 Å². The number of carbonyl (C=O) groups is 4. The monoisotopic (exact) mass is 605 g/mol. The number of hydrogen-bond acceptors (Lipinski definition) is 6. The van der Waals surface area contributed by atoms with E-state index in [4.69, 9.17) is 9.47 Å². The summed E-state index contributed by atoms with van der Waals surface area (Å²) in [6.07, 6.45) is 2.26. The van der Waals surface area contributed by atoms with Gasteiger partial charge in [-0.15, -0.1) is 0 Å². The van der Waals surface area contributed by atoms with Crippen LogP contribution in [-0.2, 0) is 32.1 Å². The molecule has 2 saturated heterocycles. The first kappa shape index (κ1) is 31.3. The molecule has 5 amide bonds. The van der Waals surface area contributed by atoms with E-state index in [0.29, 0.717) is 70.0 Å². The molecule has 11 nitrogen and oxygen atoms in total. The Bertz CT molecular complexity index is 1360. The number of likely N-dealkylation sites (N-methyl/N-ethyl adjacent to an activating group) is 1. The highest BCUT2D eigenvalue weighted by molar-refractivity contribution is 5.85. The third kappa shape index (κ3) is 7.88. The topological polar surface area (TPSA) is 112 Å². The summed E-state index contributed by atoms with van der Waals surface area (Å²) in [6, 6.07) is 14.9. The number of amides is 5. The summed E-state index contributed by atoms with van der Waals surface area (Å²) in [5.74, 6) is 0.835. The number of rotatable bonds is 1. The Morgan fingerprint density at radius 3 is 2.25 bits per heavy atom. The predicted molar refractivity (Wildman–Crippen MR) is 164 cm³/mol. The third-order valence-corrected chi connectivity index (χ3v) is 8.64. The molecule has 2 aromatic rings. The minimum Gasteiger partial charge on any atom is -0.457 e. The molecule has 0 radical (unpaired) electrons. The number of benzene rings is 2. The van der Waals surface area contributed by atoms with Crippen LogP contribution in [0.4, 0.5) is 4.79 Å². The number of urea groups is 1. The highest BCUT2D eigenvalue weighted by Crippen LogP contribution is 2.27. The maximum absolute atomic E-state index is 13.6. The quantitative estimate of drug-likeness (QED) is 0.535. The molecule has 0 aliphatic carbocycles. The van der Waals surface area contributed by atoms with Crippen LogP contribution in [0.15, 0.2) is 48.5 Å². The fraction of sp³-hybridized carbons (Fsp3) is 0.515. The zero-order valence-corrected chi connectivity index (χ0v) is 25.9. The van der Waals surface area contributed by atoms with Crippen LogP contribution in [0, 0.1) is 5.92 Å². The largest absolute Gasteiger partial charge is 0.457 e. The Hall–Kier alpha value is -4.12. The van der Waals surface area contributed by atoms with E-state index < -0.39 is 6.04 Å². The lowest BCUT2D eigenvalue weighted by molar-refractivity contribution is -0.142. The molecule has 3 aliphatic rings. The second-order valence-corrected chi connectivity index (χ2v) is 12.2. The normalized spacial score (nSPS) is 22.2. The van der Waals surface area contributed by atoms with Gasteiger partial charge < -0.3 is 34.4 Å². The molecule has 236 valence electrons. The number of nitrogens with zero attached hydrogens (tertiary/aromatic N) is 4. The number of hydrogen-bond donors (Lipinski definition) is 1. The molecule has 1 N–H and O–H groups in total. The molecule has 2 aromatic carbocycles. The highest BCUT2D eigenvalue weighted by atomic mass is 16.5. The molecule has 3 aliphatic heterocycles. The van der Waals surface area contributed by atoms with E-state index in [2.05, 4.69) is 5.32 Å². The van der Waals surface area contributed by atoms with Gasteiger partial charge in [0.15, 0.2) is 0 Å². The smallest absolute Gasteiger partial charge is 0.319 e. The molecular weight excluding hydrogens is 562 g/mol. The first-order chi connectivity index (χ1) is 21.2. The van der Waals surface area contributed by atoms with Crippen LogP contribution < -0.4 is 10.1 Å². The molecule has 5 rings (SSSR count). The van der Waals surface area contributed by atoms with Crippen LogP contribution in [-0.4, -0.2) is 109 Å². The fourth-order valence-corrected chi connectivity index (χ4v) is 6.13. The van der Waals surface area contributed by atoms with Crippen LogP contribution in [0.5, 0.6) is 11.5 Å². The summed E-state index contributed by atoms with van der Waals surface area (Å²) < 4.78 is 12.5. The maximum atomic E-state index is 13.6. The number of piperidine rings is 2. The summed E-state index contributed by atoms with van der Waals surface area (Å²) in [7, 11) is 5.09. The average molecular weight is 606 g/mol. The van der Waals surface area contributed by atoms with Gasteiger partial charge in [0, 0.05) is 59.7 Å². The molecular formula is C33H43N5O6. The lowest BCUT2D eigenvalue weighted by Gasteiger charge is -2.41. The van der Waals surface area contributed by atoms with Gasteiger partial charge in [-0.25, -0.2) is 4.79 Å². The van der Waals surface area contributed by atoms with Gasteiger partial charge in [-0.3, -0.25) is 14.4 Å². The third-order valence-electron chi connectivity index (χ3n) is 8.64. The van der Waals surface area contributed by atoms with Gasteiger partial charge in [0.25, 0.3) is 0 Å². The minimum absolute atomic E-state index is 0.0387. The van der Waals surface area contributed by atoms with Crippen molar-refractivity contribution in [3.63, 3.8) is 0 Å². The van der Waals surface area contributed by atoms with Crippen molar-refractivity contribution in [2.75, 3.05) is 53.9 Å².